The van der Waals surface area contributed by atoms with Gasteiger partial charge in [0.2, 0.25) is 5.91 Å². The van der Waals surface area contributed by atoms with Gasteiger partial charge in [-0.25, -0.2) is 0 Å². The lowest BCUT2D eigenvalue weighted by molar-refractivity contribution is -0.134. The number of nitrogens with one attached hydrogen (secondary N) is 1. The quantitative estimate of drug-likeness (QED) is 0.880. The molecule has 2 aromatic carbocycles. The first kappa shape index (κ1) is 18.4. The Morgan fingerprint density at radius 1 is 1.04 bits per heavy atom. The number of hydrogen-bond acceptors (Lipinski definition) is 3. The minimum atomic E-state index is -0.578. The van der Waals surface area contributed by atoms with Crippen molar-refractivity contribution >= 4 is 23.2 Å². The molecule has 2 aliphatic rings. The zero-order valence-corrected chi connectivity index (χ0v) is 16.1. The van der Waals surface area contributed by atoms with Crippen molar-refractivity contribution in [1.29, 1.82) is 0 Å². The number of anilines is 1. The van der Waals surface area contributed by atoms with Crippen LogP contribution in [0.25, 0.3) is 0 Å². The van der Waals surface area contributed by atoms with Gasteiger partial charge in [-0.3, -0.25) is 14.6 Å². The molecule has 0 radical (unpaired) electrons. The van der Waals surface area contributed by atoms with E-state index in [4.69, 9.17) is 4.99 Å². The van der Waals surface area contributed by atoms with Gasteiger partial charge in [-0.1, -0.05) is 54.4 Å². The fraction of sp³-hybridized carbons (Fsp3) is 0.348. The number of benzene rings is 2. The largest absolute Gasteiger partial charge is 0.325 e. The highest BCUT2D eigenvalue weighted by Crippen LogP contribution is 2.39. The van der Waals surface area contributed by atoms with Gasteiger partial charge in [-0.15, -0.1) is 0 Å². The fourth-order valence-electron chi connectivity index (χ4n) is 4.12. The van der Waals surface area contributed by atoms with Crippen LogP contribution in [0.15, 0.2) is 59.6 Å². The molecule has 4 rings (SSSR count). The zero-order valence-electron chi connectivity index (χ0n) is 16.1. The highest BCUT2D eigenvalue weighted by molar-refractivity contribution is 6.47. The van der Waals surface area contributed by atoms with Gasteiger partial charge in [0.05, 0.1) is 0 Å². The van der Waals surface area contributed by atoms with Crippen molar-refractivity contribution in [3.63, 3.8) is 0 Å². The Labute approximate surface area is 165 Å². The molecule has 0 bridgehead atoms. The Morgan fingerprint density at radius 3 is 2.39 bits per heavy atom. The predicted molar refractivity (Wildman–Crippen MR) is 110 cm³/mol. The second-order valence-electron chi connectivity index (χ2n) is 7.68. The highest BCUT2D eigenvalue weighted by Gasteiger charge is 2.48. The summed E-state index contributed by atoms with van der Waals surface area (Å²) in [5.74, 6) is -0.334. The van der Waals surface area contributed by atoms with E-state index >= 15 is 0 Å². The van der Waals surface area contributed by atoms with Crippen LogP contribution in [0.3, 0.4) is 0 Å². The van der Waals surface area contributed by atoms with Crippen molar-refractivity contribution in [3.05, 3.63) is 65.7 Å². The molecule has 1 aliphatic heterocycles. The van der Waals surface area contributed by atoms with E-state index in [1.807, 2.05) is 61.5 Å². The lowest BCUT2D eigenvalue weighted by Gasteiger charge is -2.38. The van der Waals surface area contributed by atoms with Crippen LogP contribution in [0, 0.1) is 6.92 Å². The van der Waals surface area contributed by atoms with Crippen LogP contribution in [0.2, 0.25) is 0 Å². The summed E-state index contributed by atoms with van der Waals surface area (Å²) in [4.78, 5) is 32.5. The maximum atomic E-state index is 13.2. The number of hydrogen-bond donors (Lipinski definition) is 1. The van der Waals surface area contributed by atoms with E-state index in [0.717, 1.165) is 48.9 Å². The second-order valence-corrected chi connectivity index (χ2v) is 7.68. The first-order valence-corrected chi connectivity index (χ1v) is 9.91. The monoisotopic (exact) mass is 375 g/mol. The van der Waals surface area contributed by atoms with Crippen molar-refractivity contribution < 1.29 is 9.59 Å². The Kier molecular flexibility index (Phi) is 4.99. The van der Waals surface area contributed by atoms with Crippen LogP contribution in [-0.2, 0) is 9.59 Å². The fourth-order valence-corrected chi connectivity index (χ4v) is 4.12. The van der Waals surface area contributed by atoms with Crippen molar-refractivity contribution in [1.82, 2.24) is 4.90 Å². The van der Waals surface area contributed by atoms with Gasteiger partial charge in [-0.2, -0.15) is 0 Å². The van der Waals surface area contributed by atoms with Gasteiger partial charge < -0.3 is 10.2 Å². The molecule has 28 heavy (non-hydrogen) atoms. The molecule has 144 valence electrons. The van der Waals surface area contributed by atoms with E-state index in [1.165, 1.54) is 0 Å². The van der Waals surface area contributed by atoms with Gasteiger partial charge in [-0.05, 0) is 44.7 Å². The average Bonchev–Trinajstić information content (AvgIpc) is 2.97. The topological polar surface area (TPSA) is 61.8 Å². The third-order valence-corrected chi connectivity index (χ3v) is 5.61. The third-order valence-electron chi connectivity index (χ3n) is 5.61. The molecule has 0 saturated heterocycles. The molecule has 0 atom stereocenters. The molecule has 1 aliphatic carbocycles. The van der Waals surface area contributed by atoms with Crippen molar-refractivity contribution in [2.45, 2.75) is 44.7 Å². The van der Waals surface area contributed by atoms with Gasteiger partial charge >= 0.3 is 0 Å². The van der Waals surface area contributed by atoms with Gasteiger partial charge in [0.1, 0.15) is 17.9 Å². The summed E-state index contributed by atoms with van der Waals surface area (Å²) >= 11 is 0. The summed E-state index contributed by atoms with van der Waals surface area (Å²) in [7, 11) is 0. The molecule has 2 aromatic rings. The number of carbonyl (C=O) groups excluding carboxylic acids is 2. The normalized spacial score (nSPS) is 18.2. The van der Waals surface area contributed by atoms with Gasteiger partial charge in [0.15, 0.2) is 0 Å². The highest BCUT2D eigenvalue weighted by atomic mass is 16.2. The van der Waals surface area contributed by atoms with Crippen LogP contribution in [0.1, 0.15) is 43.2 Å². The molecule has 5 nitrogen and oxygen atoms in total. The number of aliphatic imine (C=N–C) groups is 1. The molecule has 0 aromatic heterocycles. The molecule has 1 heterocycles. The molecular formula is C23H25N3O2. The average molecular weight is 375 g/mol. The zero-order chi connectivity index (χ0) is 19.6. The van der Waals surface area contributed by atoms with E-state index in [2.05, 4.69) is 5.32 Å². The lowest BCUT2D eigenvalue weighted by atomic mass is 9.88. The maximum Gasteiger partial charge on any atom is 0.275 e. The third kappa shape index (κ3) is 3.57. The molecular weight excluding hydrogens is 350 g/mol. The number of carbonyl (C=O) groups is 2. The Morgan fingerprint density at radius 2 is 1.71 bits per heavy atom. The molecule has 1 fully saturated rings. The van der Waals surface area contributed by atoms with Crippen LogP contribution >= 0.6 is 0 Å². The summed E-state index contributed by atoms with van der Waals surface area (Å²) in [6.45, 7) is 2.02. The summed E-state index contributed by atoms with van der Waals surface area (Å²) < 4.78 is 0. The van der Waals surface area contributed by atoms with Crippen LogP contribution in [0.4, 0.5) is 5.69 Å². The lowest BCUT2D eigenvalue weighted by Crippen LogP contribution is -2.51. The van der Waals surface area contributed by atoms with E-state index in [-0.39, 0.29) is 18.4 Å². The van der Waals surface area contributed by atoms with Crippen LogP contribution < -0.4 is 5.32 Å². The molecule has 0 unspecified atom stereocenters. The number of rotatable bonds is 4. The molecule has 1 spiro atoms. The van der Waals surface area contributed by atoms with Gasteiger partial charge in [0, 0.05) is 11.3 Å². The summed E-state index contributed by atoms with van der Waals surface area (Å²) in [6.07, 6.45) is 4.82. The maximum absolute atomic E-state index is 13.2. The first-order chi connectivity index (χ1) is 13.6. The van der Waals surface area contributed by atoms with E-state index in [1.54, 1.807) is 4.90 Å². The Balaban J connectivity index is 1.57. The molecule has 5 heteroatoms. The smallest absolute Gasteiger partial charge is 0.275 e. The molecule has 2 amide bonds. The standard InChI is InChI=1S/C23H25N3O2/c1-17-10-12-19(13-11-17)24-20(27)16-26-22(28)21(18-8-4-2-5-9-18)25-23(26)14-6-3-7-15-23/h2,4-5,8-13H,3,6-7,14-16H2,1H3,(H,24,27). The number of amides is 2. The van der Waals surface area contributed by atoms with E-state index in [9.17, 15) is 9.59 Å². The summed E-state index contributed by atoms with van der Waals surface area (Å²) in [6, 6.07) is 17.2. The van der Waals surface area contributed by atoms with Crippen molar-refractivity contribution in [2.75, 3.05) is 11.9 Å². The summed E-state index contributed by atoms with van der Waals surface area (Å²) in [5, 5.41) is 2.91. The van der Waals surface area contributed by atoms with E-state index < -0.39 is 5.66 Å². The SMILES string of the molecule is Cc1ccc(NC(=O)CN2C(=O)C(c3ccccc3)=NC23CCCCC3)cc1. The molecule has 1 saturated carbocycles. The van der Waals surface area contributed by atoms with Crippen molar-refractivity contribution in [3.8, 4) is 0 Å². The Bertz CT molecular complexity index is 897. The number of aryl methyl sites for hydroxylation is 1. The molecule has 1 N–H and O–H groups in total. The summed E-state index contributed by atoms with van der Waals surface area (Å²) in [5.41, 5.74) is 2.59. The second kappa shape index (κ2) is 7.58. The Hall–Kier alpha value is -2.95. The van der Waals surface area contributed by atoms with Crippen LogP contribution in [-0.4, -0.2) is 34.6 Å². The van der Waals surface area contributed by atoms with Gasteiger partial charge in [0.25, 0.3) is 5.91 Å². The first-order valence-electron chi connectivity index (χ1n) is 9.91. The minimum Gasteiger partial charge on any atom is -0.325 e. The predicted octanol–water partition coefficient (Wildman–Crippen LogP) is 3.93. The van der Waals surface area contributed by atoms with Crippen molar-refractivity contribution in [2.24, 2.45) is 4.99 Å². The van der Waals surface area contributed by atoms with Crippen LogP contribution in [0.5, 0.6) is 0 Å². The minimum absolute atomic E-state index is 0.0204. The van der Waals surface area contributed by atoms with E-state index in [0.29, 0.717) is 5.71 Å². The number of nitrogens with zero attached hydrogens (tertiary/aromatic N) is 2.